The number of nitro benzene ring substituents is 1. The van der Waals surface area contributed by atoms with Gasteiger partial charge in [-0.2, -0.15) is 5.26 Å². The lowest BCUT2D eigenvalue weighted by Crippen LogP contribution is -2.14. The summed E-state index contributed by atoms with van der Waals surface area (Å²) >= 11 is 0. The highest BCUT2D eigenvalue weighted by Crippen LogP contribution is 2.17. The minimum absolute atomic E-state index is 0.182. The van der Waals surface area contributed by atoms with E-state index < -0.39 is 16.7 Å². The van der Waals surface area contributed by atoms with E-state index in [1.807, 2.05) is 0 Å². The summed E-state index contributed by atoms with van der Waals surface area (Å²) in [5.74, 6) is -1.30. The predicted octanol–water partition coefficient (Wildman–Crippen LogP) is 2.15. The Bertz CT molecular complexity index is 929. The van der Waals surface area contributed by atoms with E-state index in [0.717, 1.165) is 0 Å². The number of amides is 2. The summed E-state index contributed by atoms with van der Waals surface area (Å²) in [6.45, 7) is 0. The molecule has 0 spiro atoms. The van der Waals surface area contributed by atoms with Gasteiger partial charge >= 0.3 is 0 Å². The Hall–Kier alpha value is -4.19. The molecule has 2 rings (SSSR count). The van der Waals surface area contributed by atoms with Crippen molar-refractivity contribution < 1.29 is 14.5 Å². The fourth-order valence-corrected chi connectivity index (χ4v) is 1.93. The smallest absolute Gasteiger partial charge is 0.271 e. The van der Waals surface area contributed by atoms with Crippen LogP contribution in [0.2, 0.25) is 0 Å². The molecule has 2 amide bonds. The number of anilines is 2. The van der Waals surface area contributed by atoms with Gasteiger partial charge in [-0.3, -0.25) is 19.7 Å². The first-order chi connectivity index (χ1) is 12.4. The summed E-state index contributed by atoms with van der Waals surface area (Å²) in [6.07, 6.45) is 1.19. The van der Waals surface area contributed by atoms with E-state index in [-0.39, 0.29) is 16.9 Å². The van der Waals surface area contributed by atoms with Crippen molar-refractivity contribution in [1.29, 1.82) is 5.26 Å². The van der Waals surface area contributed by atoms with Gasteiger partial charge in [0.1, 0.15) is 11.6 Å². The van der Waals surface area contributed by atoms with Crippen LogP contribution in [0.5, 0.6) is 0 Å². The average molecular weight is 351 g/mol. The maximum atomic E-state index is 12.1. The Labute approximate surface area is 147 Å². The summed E-state index contributed by atoms with van der Waals surface area (Å²) in [5.41, 5.74) is 5.76. The highest BCUT2D eigenvalue weighted by Gasteiger charge is 2.12. The standard InChI is InChI=1S/C17H13N5O4/c18-9-12(10-20-13-6-4-11(5-7-13)16(19)23)17(24)21-14-2-1-3-15(8-14)22(25)26/h1-8,10,20H,(H2,19,23)(H,21,24)/b12-10-. The number of nitrogens with one attached hydrogen (secondary N) is 2. The molecular formula is C17H13N5O4. The molecule has 26 heavy (non-hydrogen) atoms. The molecule has 0 heterocycles. The lowest BCUT2D eigenvalue weighted by Gasteiger charge is -2.05. The van der Waals surface area contributed by atoms with Crippen molar-refractivity contribution in [3.63, 3.8) is 0 Å². The van der Waals surface area contributed by atoms with Crippen LogP contribution in [0, 0.1) is 21.4 Å². The number of hydrogen-bond donors (Lipinski definition) is 3. The number of primary amides is 1. The van der Waals surface area contributed by atoms with Gasteiger partial charge in [0, 0.05) is 35.3 Å². The quantitative estimate of drug-likeness (QED) is 0.314. The highest BCUT2D eigenvalue weighted by molar-refractivity contribution is 6.06. The molecule has 0 aliphatic carbocycles. The number of rotatable bonds is 6. The fraction of sp³-hybridized carbons (Fsp3) is 0. The summed E-state index contributed by atoms with van der Waals surface area (Å²) in [7, 11) is 0. The SMILES string of the molecule is N#C/C(=C/Nc1ccc(C(N)=O)cc1)C(=O)Nc1cccc([N+](=O)[O-])c1. The van der Waals surface area contributed by atoms with Crippen molar-refractivity contribution in [2.75, 3.05) is 10.6 Å². The van der Waals surface area contributed by atoms with Crippen LogP contribution in [-0.2, 0) is 4.79 Å². The molecule has 0 aliphatic rings. The number of nitriles is 1. The van der Waals surface area contributed by atoms with Gasteiger partial charge in [-0.05, 0) is 30.3 Å². The maximum absolute atomic E-state index is 12.1. The molecule has 0 fully saturated rings. The number of carbonyl (C=O) groups is 2. The number of non-ortho nitro benzene ring substituents is 1. The Kier molecular flexibility index (Phi) is 5.63. The first kappa shape index (κ1) is 18.2. The molecule has 0 unspecified atom stereocenters. The van der Waals surface area contributed by atoms with Crippen LogP contribution in [0.1, 0.15) is 10.4 Å². The molecule has 0 bridgehead atoms. The zero-order valence-electron chi connectivity index (χ0n) is 13.3. The molecule has 0 aliphatic heterocycles. The largest absolute Gasteiger partial charge is 0.366 e. The molecule has 0 atom stereocenters. The van der Waals surface area contributed by atoms with Gasteiger partial charge in [-0.25, -0.2) is 0 Å². The van der Waals surface area contributed by atoms with E-state index >= 15 is 0 Å². The summed E-state index contributed by atoms with van der Waals surface area (Å²) < 4.78 is 0. The van der Waals surface area contributed by atoms with Gasteiger partial charge < -0.3 is 16.4 Å². The zero-order chi connectivity index (χ0) is 19.1. The molecule has 2 aromatic rings. The van der Waals surface area contributed by atoms with Crippen molar-refractivity contribution in [1.82, 2.24) is 0 Å². The fourth-order valence-electron chi connectivity index (χ4n) is 1.93. The molecule has 4 N–H and O–H groups in total. The third kappa shape index (κ3) is 4.65. The van der Waals surface area contributed by atoms with Gasteiger partial charge in [-0.1, -0.05) is 6.07 Å². The van der Waals surface area contributed by atoms with Gasteiger partial charge in [0.05, 0.1) is 4.92 Å². The lowest BCUT2D eigenvalue weighted by molar-refractivity contribution is -0.384. The van der Waals surface area contributed by atoms with E-state index in [0.29, 0.717) is 11.3 Å². The highest BCUT2D eigenvalue weighted by atomic mass is 16.6. The van der Waals surface area contributed by atoms with Crippen molar-refractivity contribution in [2.24, 2.45) is 5.73 Å². The van der Waals surface area contributed by atoms with Crippen LogP contribution in [-0.4, -0.2) is 16.7 Å². The predicted molar refractivity (Wildman–Crippen MR) is 94.0 cm³/mol. The van der Waals surface area contributed by atoms with Crippen LogP contribution >= 0.6 is 0 Å². The topological polar surface area (TPSA) is 151 Å². The normalized spacial score (nSPS) is 10.5. The van der Waals surface area contributed by atoms with Crippen molar-refractivity contribution in [2.45, 2.75) is 0 Å². The van der Waals surface area contributed by atoms with Crippen molar-refractivity contribution in [3.05, 3.63) is 76.0 Å². The third-order valence-corrected chi connectivity index (χ3v) is 3.23. The monoisotopic (exact) mass is 351 g/mol. The lowest BCUT2D eigenvalue weighted by atomic mass is 10.2. The van der Waals surface area contributed by atoms with Crippen molar-refractivity contribution in [3.8, 4) is 6.07 Å². The number of hydrogen-bond acceptors (Lipinski definition) is 6. The minimum atomic E-state index is -0.728. The summed E-state index contributed by atoms with van der Waals surface area (Å²) in [5, 5.41) is 25.0. The molecule has 2 aromatic carbocycles. The molecule has 9 nitrogen and oxygen atoms in total. The van der Waals surface area contributed by atoms with Gasteiger partial charge in [0.2, 0.25) is 5.91 Å². The van der Waals surface area contributed by atoms with Gasteiger partial charge in [0.25, 0.3) is 11.6 Å². The Morgan fingerprint density at radius 3 is 2.42 bits per heavy atom. The van der Waals surface area contributed by atoms with Crippen LogP contribution in [0.3, 0.4) is 0 Å². The van der Waals surface area contributed by atoms with E-state index in [4.69, 9.17) is 11.0 Å². The van der Waals surface area contributed by atoms with Crippen molar-refractivity contribution >= 4 is 28.9 Å². The number of nitrogens with zero attached hydrogens (tertiary/aromatic N) is 2. The van der Waals surface area contributed by atoms with E-state index in [1.54, 1.807) is 18.2 Å². The van der Waals surface area contributed by atoms with Crippen LogP contribution in [0.25, 0.3) is 0 Å². The first-order valence-corrected chi connectivity index (χ1v) is 7.23. The number of benzene rings is 2. The first-order valence-electron chi connectivity index (χ1n) is 7.23. The van der Waals surface area contributed by atoms with Crippen LogP contribution < -0.4 is 16.4 Å². The van der Waals surface area contributed by atoms with E-state index in [2.05, 4.69) is 10.6 Å². The Morgan fingerprint density at radius 1 is 1.15 bits per heavy atom. The molecule has 130 valence electrons. The molecule has 0 saturated carbocycles. The zero-order valence-corrected chi connectivity index (χ0v) is 13.3. The molecular weight excluding hydrogens is 338 g/mol. The summed E-state index contributed by atoms with van der Waals surface area (Å²) in [4.78, 5) is 33.3. The number of nitro groups is 1. The molecule has 0 radical (unpaired) electrons. The third-order valence-electron chi connectivity index (χ3n) is 3.23. The van der Waals surface area contributed by atoms with Crippen LogP contribution in [0.15, 0.2) is 60.3 Å². The van der Waals surface area contributed by atoms with Gasteiger partial charge in [0.15, 0.2) is 0 Å². The van der Waals surface area contributed by atoms with E-state index in [9.17, 15) is 19.7 Å². The second-order valence-corrected chi connectivity index (χ2v) is 5.02. The second-order valence-electron chi connectivity index (χ2n) is 5.02. The van der Waals surface area contributed by atoms with E-state index in [1.165, 1.54) is 42.6 Å². The Morgan fingerprint density at radius 2 is 1.85 bits per heavy atom. The summed E-state index contributed by atoms with van der Waals surface area (Å²) in [6, 6.07) is 13.2. The molecule has 0 aromatic heterocycles. The maximum Gasteiger partial charge on any atom is 0.271 e. The Balaban J connectivity index is 2.09. The second kappa shape index (κ2) is 8.07. The number of nitrogens with two attached hydrogens (primary N) is 1. The van der Waals surface area contributed by atoms with Crippen LogP contribution in [0.4, 0.5) is 17.1 Å². The number of carbonyl (C=O) groups excluding carboxylic acids is 2. The molecule has 9 heteroatoms. The van der Waals surface area contributed by atoms with Gasteiger partial charge in [-0.15, -0.1) is 0 Å². The average Bonchev–Trinajstić information content (AvgIpc) is 2.62. The molecule has 0 saturated heterocycles. The minimum Gasteiger partial charge on any atom is -0.366 e.